The van der Waals surface area contributed by atoms with E-state index < -0.39 is 52.2 Å². The predicted octanol–water partition coefficient (Wildman–Crippen LogP) is 3.02. The number of rotatable bonds is 1. The molecule has 136 valence electrons. The van der Waals surface area contributed by atoms with Gasteiger partial charge in [-0.2, -0.15) is 18.4 Å². The van der Waals surface area contributed by atoms with Crippen molar-refractivity contribution >= 4 is 17.5 Å². The number of nitriles is 1. The lowest BCUT2D eigenvalue weighted by atomic mass is 9.69. The van der Waals surface area contributed by atoms with E-state index in [4.69, 9.17) is 10.00 Å². The van der Waals surface area contributed by atoms with Crippen LogP contribution in [-0.4, -0.2) is 23.0 Å². The molecule has 1 aromatic rings. The molecule has 8 heteroatoms. The van der Waals surface area contributed by atoms with E-state index in [9.17, 15) is 22.8 Å². The first-order chi connectivity index (χ1) is 12.0. The van der Waals surface area contributed by atoms with Gasteiger partial charge in [-0.3, -0.25) is 9.59 Å². The molecule has 26 heavy (non-hydrogen) atoms. The van der Waals surface area contributed by atoms with Crippen molar-refractivity contribution in [2.24, 2.45) is 11.8 Å². The monoisotopic (exact) mass is 364 g/mol. The summed E-state index contributed by atoms with van der Waals surface area (Å²) >= 11 is 0. The first-order valence-corrected chi connectivity index (χ1v) is 8.21. The van der Waals surface area contributed by atoms with Crippen LogP contribution in [0, 0.1) is 23.2 Å². The Labute approximate surface area is 147 Å². The van der Waals surface area contributed by atoms with E-state index in [1.165, 1.54) is 12.1 Å². The lowest BCUT2D eigenvalue weighted by Crippen LogP contribution is -2.40. The zero-order chi connectivity index (χ0) is 19.1. The fourth-order valence-corrected chi connectivity index (χ4v) is 4.73. The topological polar surface area (TPSA) is 70.4 Å². The van der Waals surface area contributed by atoms with E-state index in [1.807, 2.05) is 0 Å². The van der Waals surface area contributed by atoms with Crippen LogP contribution in [0.25, 0.3) is 0 Å². The Hall–Kier alpha value is -2.40. The normalized spacial score (nSPS) is 35.8. The lowest BCUT2D eigenvalue weighted by Gasteiger charge is -2.27. The molecule has 5 nitrogen and oxygen atoms in total. The highest BCUT2D eigenvalue weighted by molar-refractivity contribution is 6.23. The number of carbonyl (C=O) groups excluding carboxylic acids is 2. The largest absolute Gasteiger partial charge is 0.417 e. The molecular weight excluding hydrogens is 349 g/mol. The summed E-state index contributed by atoms with van der Waals surface area (Å²) in [5.74, 6) is -2.47. The number of carbonyl (C=O) groups is 2. The van der Waals surface area contributed by atoms with E-state index in [0.29, 0.717) is 18.9 Å². The molecule has 4 rings (SSSR count). The summed E-state index contributed by atoms with van der Waals surface area (Å²) in [6.45, 7) is 3.55. The molecule has 0 saturated carbocycles. The Morgan fingerprint density at radius 2 is 1.69 bits per heavy atom. The van der Waals surface area contributed by atoms with Crippen molar-refractivity contribution in [3.05, 3.63) is 29.3 Å². The highest BCUT2D eigenvalue weighted by Crippen LogP contribution is 2.61. The number of hydrogen-bond donors (Lipinski definition) is 0. The fourth-order valence-electron chi connectivity index (χ4n) is 4.73. The molecule has 3 saturated heterocycles. The quantitative estimate of drug-likeness (QED) is 0.718. The summed E-state index contributed by atoms with van der Waals surface area (Å²) in [7, 11) is 0. The molecule has 1 aromatic carbocycles. The van der Waals surface area contributed by atoms with Crippen LogP contribution in [0.1, 0.15) is 37.8 Å². The molecule has 3 aliphatic heterocycles. The molecule has 3 aliphatic rings. The van der Waals surface area contributed by atoms with Gasteiger partial charge in [-0.1, -0.05) is 0 Å². The van der Waals surface area contributed by atoms with Gasteiger partial charge in [0.05, 0.1) is 45.9 Å². The molecule has 3 fully saturated rings. The SMILES string of the molecule is C[C@]12CC[C@](C)(O1)C1C(=O)N(c3ccc(C#N)c(C(F)(F)F)c3)C(=O)[C@H]12. The van der Waals surface area contributed by atoms with Crippen molar-refractivity contribution in [1.29, 1.82) is 5.26 Å². The summed E-state index contributed by atoms with van der Waals surface area (Å²) in [6, 6.07) is 4.38. The van der Waals surface area contributed by atoms with Gasteiger partial charge in [0, 0.05) is 0 Å². The second kappa shape index (κ2) is 4.86. The second-order valence-electron chi connectivity index (χ2n) is 7.53. The van der Waals surface area contributed by atoms with E-state index in [2.05, 4.69) is 0 Å². The first-order valence-electron chi connectivity index (χ1n) is 8.21. The number of fused-ring (bicyclic) bond motifs is 5. The van der Waals surface area contributed by atoms with Gasteiger partial charge in [0.25, 0.3) is 0 Å². The number of hydrogen-bond acceptors (Lipinski definition) is 4. The van der Waals surface area contributed by atoms with Gasteiger partial charge in [0.15, 0.2) is 0 Å². The molecule has 0 spiro atoms. The number of halogens is 3. The smallest absolute Gasteiger partial charge is 0.367 e. The maximum absolute atomic E-state index is 13.2. The number of amides is 2. The van der Waals surface area contributed by atoms with Crippen LogP contribution < -0.4 is 4.90 Å². The maximum Gasteiger partial charge on any atom is 0.417 e. The predicted molar refractivity (Wildman–Crippen MR) is 82.8 cm³/mol. The van der Waals surface area contributed by atoms with Crippen LogP contribution >= 0.6 is 0 Å². The minimum absolute atomic E-state index is 0.160. The Kier molecular flexibility index (Phi) is 3.18. The Morgan fingerprint density at radius 3 is 2.15 bits per heavy atom. The van der Waals surface area contributed by atoms with Gasteiger partial charge in [-0.05, 0) is 44.9 Å². The molecule has 1 unspecified atom stereocenters. The van der Waals surface area contributed by atoms with Crippen LogP contribution in [0.3, 0.4) is 0 Å². The van der Waals surface area contributed by atoms with Crippen LogP contribution in [0.15, 0.2) is 18.2 Å². The number of alkyl halides is 3. The van der Waals surface area contributed by atoms with Gasteiger partial charge in [-0.25, -0.2) is 4.90 Å². The van der Waals surface area contributed by atoms with Crippen molar-refractivity contribution in [2.45, 2.75) is 44.1 Å². The van der Waals surface area contributed by atoms with Gasteiger partial charge in [0.1, 0.15) is 0 Å². The fraction of sp³-hybridized carbons (Fsp3) is 0.500. The molecule has 0 N–H and O–H groups in total. The summed E-state index contributed by atoms with van der Waals surface area (Å²) in [6.07, 6.45) is -3.51. The number of benzene rings is 1. The average Bonchev–Trinajstić information content (AvgIpc) is 3.10. The highest BCUT2D eigenvalue weighted by atomic mass is 19.4. The molecule has 0 aliphatic carbocycles. The molecular formula is C18H15F3N2O3. The number of anilines is 1. The molecule has 0 aromatic heterocycles. The van der Waals surface area contributed by atoms with E-state index in [0.717, 1.165) is 11.0 Å². The van der Waals surface area contributed by atoms with Gasteiger partial charge in [-0.15, -0.1) is 0 Å². The third-order valence-electron chi connectivity index (χ3n) is 5.89. The zero-order valence-electron chi connectivity index (χ0n) is 14.1. The maximum atomic E-state index is 13.2. The van der Waals surface area contributed by atoms with Gasteiger partial charge in [0.2, 0.25) is 11.8 Å². The Bertz CT molecular complexity index is 857. The minimum Gasteiger partial charge on any atom is -0.367 e. The van der Waals surface area contributed by atoms with Gasteiger partial charge < -0.3 is 4.74 Å². The van der Waals surface area contributed by atoms with Crippen molar-refractivity contribution in [2.75, 3.05) is 4.90 Å². The lowest BCUT2D eigenvalue weighted by molar-refractivity contribution is -0.138. The summed E-state index contributed by atoms with van der Waals surface area (Å²) in [5.41, 5.74) is -3.43. The molecule has 2 amide bonds. The summed E-state index contributed by atoms with van der Waals surface area (Å²) in [4.78, 5) is 26.7. The third kappa shape index (κ3) is 2.01. The van der Waals surface area contributed by atoms with E-state index in [1.54, 1.807) is 13.8 Å². The number of nitrogens with zero attached hydrogens (tertiary/aromatic N) is 2. The second-order valence-corrected chi connectivity index (χ2v) is 7.53. The van der Waals surface area contributed by atoms with Crippen molar-refractivity contribution in [1.82, 2.24) is 0 Å². The van der Waals surface area contributed by atoms with Crippen LogP contribution in [0.5, 0.6) is 0 Å². The van der Waals surface area contributed by atoms with Crippen LogP contribution in [-0.2, 0) is 20.5 Å². The molecule has 4 atom stereocenters. The van der Waals surface area contributed by atoms with E-state index >= 15 is 0 Å². The van der Waals surface area contributed by atoms with Crippen molar-refractivity contribution < 1.29 is 27.5 Å². The third-order valence-corrected chi connectivity index (χ3v) is 5.89. The van der Waals surface area contributed by atoms with Crippen molar-refractivity contribution in [3.8, 4) is 6.07 Å². The standard InChI is InChI=1S/C18H15F3N2O3/c1-16-5-6-17(2,26-16)13-12(16)14(24)23(15(13)25)10-4-3-9(8-22)11(7-10)18(19,20)21/h3-4,7,12-13H,5-6H2,1-2H3/t12-,13?,16+,17-/m0/s1. The molecule has 3 heterocycles. The molecule has 2 bridgehead atoms. The Morgan fingerprint density at radius 1 is 1.15 bits per heavy atom. The first kappa shape index (κ1) is 17.0. The van der Waals surface area contributed by atoms with Crippen molar-refractivity contribution in [3.63, 3.8) is 0 Å². The Balaban J connectivity index is 1.80. The molecule has 0 radical (unpaired) electrons. The van der Waals surface area contributed by atoms with Crippen LogP contribution in [0.2, 0.25) is 0 Å². The van der Waals surface area contributed by atoms with E-state index in [-0.39, 0.29) is 5.69 Å². The van der Waals surface area contributed by atoms with Crippen LogP contribution in [0.4, 0.5) is 18.9 Å². The zero-order valence-corrected chi connectivity index (χ0v) is 14.1. The summed E-state index contributed by atoms with van der Waals surface area (Å²) in [5, 5.41) is 8.90. The minimum atomic E-state index is -4.76. The highest BCUT2D eigenvalue weighted by Gasteiger charge is 2.72. The number of imide groups is 1. The van der Waals surface area contributed by atoms with Gasteiger partial charge >= 0.3 is 6.18 Å². The summed E-state index contributed by atoms with van der Waals surface area (Å²) < 4.78 is 45.6. The number of ether oxygens (including phenoxy) is 1. The average molecular weight is 364 g/mol.